The molecular formula is C18H18AlN6O6. The van der Waals surface area contributed by atoms with E-state index in [2.05, 4.69) is 15.8 Å². The summed E-state index contributed by atoms with van der Waals surface area (Å²) in [5.74, 6) is 0. The number of benzene rings is 3. The van der Waals surface area contributed by atoms with Crippen molar-refractivity contribution in [3.05, 3.63) is 107 Å². The number of hydrogen-bond acceptors (Lipinski definition) is 6. The Morgan fingerprint density at radius 3 is 0.806 bits per heavy atom. The van der Waals surface area contributed by atoms with Gasteiger partial charge in [0, 0.05) is 53.8 Å². The van der Waals surface area contributed by atoms with Crippen molar-refractivity contribution in [2.45, 2.75) is 0 Å². The summed E-state index contributed by atoms with van der Waals surface area (Å²) in [7, 11) is 0. The third-order valence-corrected chi connectivity index (χ3v) is 3.17. The summed E-state index contributed by atoms with van der Waals surface area (Å²) < 4.78 is 0. The molecule has 0 atom stereocenters. The van der Waals surface area contributed by atoms with Gasteiger partial charge in [0.2, 0.25) is 32.9 Å². The smallest absolute Gasteiger partial charge is 0.248 e. The van der Waals surface area contributed by atoms with E-state index in [1.165, 1.54) is 0 Å². The van der Waals surface area contributed by atoms with Crippen LogP contribution in [0.4, 0.5) is 17.1 Å². The maximum atomic E-state index is 10.5. The highest BCUT2D eigenvalue weighted by Crippen LogP contribution is 2.09. The highest BCUT2D eigenvalue weighted by Gasteiger charge is 1.99. The predicted molar refractivity (Wildman–Crippen MR) is 108 cm³/mol. The monoisotopic (exact) mass is 441 g/mol. The predicted octanol–water partition coefficient (Wildman–Crippen LogP) is 4.63. The van der Waals surface area contributed by atoms with Gasteiger partial charge in [-0.3, -0.25) is 0 Å². The highest BCUT2D eigenvalue weighted by atomic mass is 27.0. The van der Waals surface area contributed by atoms with Crippen molar-refractivity contribution in [2.24, 2.45) is 15.8 Å². The SMILES string of the molecule is [Al].[O-][N+](=NO)c1ccccc1.[O-][N+](=NO)c1ccccc1.[O-][N+](=NO)c1ccccc1. The third-order valence-electron chi connectivity index (χ3n) is 3.17. The van der Waals surface area contributed by atoms with E-state index in [4.69, 9.17) is 15.6 Å². The maximum Gasteiger partial charge on any atom is 0.248 e. The summed E-state index contributed by atoms with van der Waals surface area (Å²) >= 11 is 0. The van der Waals surface area contributed by atoms with Crippen LogP contribution in [0.2, 0.25) is 0 Å². The van der Waals surface area contributed by atoms with Crippen molar-refractivity contribution in [1.82, 2.24) is 0 Å². The van der Waals surface area contributed by atoms with Gasteiger partial charge in [-0.25, -0.2) is 0 Å². The Morgan fingerprint density at radius 1 is 0.452 bits per heavy atom. The summed E-state index contributed by atoms with van der Waals surface area (Å²) in [5, 5.41) is 62.9. The molecule has 0 aliphatic heterocycles. The minimum absolute atomic E-state index is 0. The highest BCUT2D eigenvalue weighted by molar-refractivity contribution is 5.75. The number of nitrogens with zero attached hydrogens (tertiary/aromatic N) is 6. The average Bonchev–Trinajstić information content (AvgIpc) is 2.85. The number of hydrogen-bond donors (Lipinski definition) is 3. The lowest BCUT2D eigenvalue weighted by Gasteiger charge is -1.93. The fourth-order valence-corrected chi connectivity index (χ4v) is 1.82. The van der Waals surface area contributed by atoms with E-state index in [0.717, 1.165) is 0 Å². The third kappa shape index (κ3) is 10.2. The van der Waals surface area contributed by atoms with E-state index in [1.807, 2.05) is 0 Å². The Morgan fingerprint density at radius 2 is 0.645 bits per heavy atom. The fourth-order valence-electron chi connectivity index (χ4n) is 1.82. The largest absolute Gasteiger partial charge is 0.592 e. The minimum atomic E-state index is 0. The molecule has 12 nitrogen and oxygen atoms in total. The molecule has 31 heavy (non-hydrogen) atoms. The van der Waals surface area contributed by atoms with Crippen LogP contribution in [0.15, 0.2) is 107 Å². The normalized spacial score (nSPS) is 11.0. The number of para-hydroxylation sites is 3. The van der Waals surface area contributed by atoms with Crippen LogP contribution in [0.3, 0.4) is 0 Å². The van der Waals surface area contributed by atoms with Crippen LogP contribution in [-0.2, 0) is 0 Å². The zero-order valence-corrected chi connectivity index (χ0v) is 17.1. The zero-order valence-electron chi connectivity index (χ0n) is 16.0. The lowest BCUT2D eigenvalue weighted by Crippen LogP contribution is -1.88. The summed E-state index contributed by atoms with van der Waals surface area (Å²) in [6.45, 7) is 0. The Kier molecular flexibility index (Phi) is 13.6. The van der Waals surface area contributed by atoms with E-state index in [1.54, 1.807) is 91.0 Å². The maximum absolute atomic E-state index is 10.5. The Hall–Kier alpha value is -4.21. The first-order valence-corrected chi connectivity index (χ1v) is 8.15. The van der Waals surface area contributed by atoms with Crippen LogP contribution < -0.4 is 0 Å². The molecule has 3 N–H and O–H groups in total. The van der Waals surface area contributed by atoms with E-state index in [9.17, 15) is 15.6 Å². The van der Waals surface area contributed by atoms with Crippen molar-refractivity contribution in [1.29, 1.82) is 0 Å². The number of rotatable bonds is 3. The average molecular weight is 441 g/mol. The van der Waals surface area contributed by atoms with Gasteiger partial charge < -0.3 is 31.2 Å². The van der Waals surface area contributed by atoms with Crippen LogP contribution in [0.25, 0.3) is 0 Å². The Balaban J connectivity index is 0.000000429. The lowest BCUT2D eigenvalue weighted by molar-refractivity contribution is -0.474. The summed E-state index contributed by atoms with van der Waals surface area (Å²) in [4.78, 5) is 0.417. The van der Waals surface area contributed by atoms with Gasteiger partial charge in [0.1, 0.15) is 0 Å². The molecule has 0 aliphatic rings. The Labute approximate surface area is 187 Å². The first kappa shape index (κ1) is 26.8. The van der Waals surface area contributed by atoms with Crippen LogP contribution in [-0.4, -0.2) is 47.6 Å². The lowest BCUT2D eigenvalue weighted by atomic mass is 10.3. The molecule has 0 unspecified atom stereocenters. The van der Waals surface area contributed by atoms with E-state index in [-0.39, 0.29) is 31.9 Å². The molecule has 13 heteroatoms. The van der Waals surface area contributed by atoms with Gasteiger partial charge in [0.05, 0.1) is 0 Å². The summed E-state index contributed by atoms with van der Waals surface area (Å²) in [5.41, 5.74) is 0.931. The molecule has 3 aromatic carbocycles. The quantitative estimate of drug-likeness (QED) is 0.231. The minimum Gasteiger partial charge on any atom is -0.592 e. The van der Waals surface area contributed by atoms with Crippen molar-refractivity contribution in [2.75, 3.05) is 0 Å². The van der Waals surface area contributed by atoms with Gasteiger partial charge in [-0.2, -0.15) is 0 Å². The van der Waals surface area contributed by atoms with Gasteiger partial charge >= 0.3 is 0 Å². The van der Waals surface area contributed by atoms with Crippen LogP contribution in [0, 0.1) is 15.6 Å². The van der Waals surface area contributed by atoms with E-state index < -0.39 is 0 Å². The molecule has 159 valence electrons. The summed E-state index contributed by atoms with van der Waals surface area (Å²) in [6, 6.07) is 24.7. The first-order valence-electron chi connectivity index (χ1n) is 8.15. The standard InChI is InChI=1S/3C6H6N2O2.Al/c3*9-7-8(10)6-4-2-1-3-5-6;/h3*1-5,9H;. The van der Waals surface area contributed by atoms with Gasteiger partial charge in [-0.15, -0.1) is 0 Å². The van der Waals surface area contributed by atoms with Gasteiger partial charge in [0.15, 0.2) is 0 Å². The first-order chi connectivity index (χ1) is 14.5. The van der Waals surface area contributed by atoms with Gasteiger partial charge in [-0.05, 0) is 14.6 Å². The van der Waals surface area contributed by atoms with Crippen molar-refractivity contribution in [3.8, 4) is 0 Å². The molecule has 0 aliphatic carbocycles. The van der Waals surface area contributed by atoms with Gasteiger partial charge in [0.25, 0.3) is 0 Å². The molecule has 0 heterocycles. The molecule has 0 bridgehead atoms. The molecule has 0 aromatic heterocycles. The molecule has 3 radical (unpaired) electrons. The Bertz CT molecular complexity index is 832. The summed E-state index contributed by atoms with van der Waals surface area (Å²) in [6.07, 6.45) is 0. The molecule has 0 saturated heterocycles. The molecule has 3 rings (SSSR count). The molecular weight excluding hydrogens is 423 g/mol. The molecule has 0 saturated carbocycles. The molecule has 0 spiro atoms. The van der Waals surface area contributed by atoms with Crippen LogP contribution >= 0.6 is 0 Å². The van der Waals surface area contributed by atoms with Crippen molar-refractivity contribution < 1.29 is 30.2 Å². The van der Waals surface area contributed by atoms with E-state index in [0.29, 0.717) is 17.1 Å². The van der Waals surface area contributed by atoms with E-state index >= 15 is 0 Å². The molecule has 0 fully saturated rings. The van der Waals surface area contributed by atoms with Crippen molar-refractivity contribution in [3.63, 3.8) is 0 Å². The topological polar surface area (TPSA) is 176 Å². The molecule has 0 amide bonds. The van der Waals surface area contributed by atoms with Gasteiger partial charge in [-0.1, -0.05) is 54.6 Å². The second kappa shape index (κ2) is 15.7. The fraction of sp³-hybridized carbons (Fsp3) is 0. The second-order valence-corrected chi connectivity index (χ2v) is 5.09. The van der Waals surface area contributed by atoms with Crippen molar-refractivity contribution >= 4 is 34.4 Å². The van der Waals surface area contributed by atoms with Crippen LogP contribution in [0.1, 0.15) is 0 Å². The van der Waals surface area contributed by atoms with Crippen LogP contribution in [0.5, 0.6) is 0 Å². The zero-order chi connectivity index (χ0) is 22.2. The second-order valence-electron chi connectivity index (χ2n) is 5.09. The molecule has 3 aromatic rings.